The van der Waals surface area contributed by atoms with Gasteiger partial charge in [-0.2, -0.15) is 0 Å². The number of ether oxygens (including phenoxy) is 2. The molecule has 2 atom stereocenters. The summed E-state index contributed by atoms with van der Waals surface area (Å²) in [5.41, 5.74) is 5.39. The van der Waals surface area contributed by atoms with E-state index in [1.807, 2.05) is 0 Å². The van der Waals surface area contributed by atoms with Gasteiger partial charge in [0.15, 0.2) is 0 Å². The van der Waals surface area contributed by atoms with E-state index in [1.165, 1.54) is 167 Å². The molecule has 364 valence electrons. The van der Waals surface area contributed by atoms with E-state index in [9.17, 15) is 14.3 Å². The Morgan fingerprint density at radius 1 is 0.484 bits per heavy atom. The van der Waals surface area contributed by atoms with Crippen LogP contribution in [0.5, 0.6) is 0 Å². The summed E-state index contributed by atoms with van der Waals surface area (Å²) in [7, 11) is -4.29. The van der Waals surface area contributed by atoms with Crippen LogP contribution in [0, 0.1) is 0 Å². The molecule has 0 aliphatic heterocycles. The Labute approximate surface area is 383 Å². The predicted molar refractivity (Wildman–Crippen MR) is 266 cm³/mol. The molecule has 0 aliphatic carbocycles. The van der Waals surface area contributed by atoms with E-state index in [1.54, 1.807) is 0 Å². The third-order valence-corrected chi connectivity index (χ3v) is 12.2. The van der Waals surface area contributed by atoms with Crippen LogP contribution in [0.3, 0.4) is 0 Å². The molecule has 0 aliphatic rings. The summed E-state index contributed by atoms with van der Waals surface area (Å²) in [6, 6.07) is 0. The van der Waals surface area contributed by atoms with Gasteiger partial charge < -0.3 is 20.1 Å². The zero-order valence-electron chi connectivity index (χ0n) is 40.6. The minimum Gasteiger partial charge on any atom is -0.457 e. The van der Waals surface area contributed by atoms with Crippen molar-refractivity contribution in [3.8, 4) is 0 Å². The number of phosphoric ester groups is 1. The molecule has 3 N–H and O–H groups in total. The smallest absolute Gasteiger partial charge is 0.457 e. The van der Waals surface area contributed by atoms with Crippen molar-refractivity contribution in [3.05, 3.63) is 48.6 Å². The number of hydrogen-bond donors (Lipinski definition) is 2. The van der Waals surface area contributed by atoms with Crippen molar-refractivity contribution < 1.29 is 32.8 Å². The number of hydrogen-bond acceptors (Lipinski definition) is 7. The van der Waals surface area contributed by atoms with Gasteiger partial charge in [0.1, 0.15) is 6.10 Å². The highest BCUT2D eigenvalue weighted by Crippen LogP contribution is 2.43. The van der Waals surface area contributed by atoms with Gasteiger partial charge >= 0.3 is 13.8 Å². The maximum Gasteiger partial charge on any atom is 0.472 e. The first-order chi connectivity index (χ1) is 30.4. The quantitative estimate of drug-likeness (QED) is 0.0268. The Balaban J connectivity index is 3.97. The second-order valence-corrected chi connectivity index (χ2v) is 18.8. The molecule has 0 amide bonds. The SMILES string of the molecule is CCCCCCC/C=C\C/C=C\C/C=C\CCCCCCCCC(=O)OC(COCCCCCCCCCCCC/C=C\CCCCCCCCCC)COP(=O)(O)OCCN. The number of allylic oxidation sites excluding steroid dienone is 8. The molecule has 0 aromatic carbocycles. The van der Waals surface area contributed by atoms with E-state index in [0.717, 1.165) is 57.8 Å². The van der Waals surface area contributed by atoms with Gasteiger partial charge in [-0.3, -0.25) is 13.8 Å². The molecule has 0 heterocycles. The molecule has 0 spiro atoms. The third kappa shape index (κ3) is 49.5. The van der Waals surface area contributed by atoms with Crippen LogP contribution >= 0.6 is 7.82 Å². The van der Waals surface area contributed by atoms with Crippen molar-refractivity contribution in [1.82, 2.24) is 0 Å². The molecule has 0 aromatic rings. The Kier molecular flexibility index (Phi) is 49.2. The summed E-state index contributed by atoms with van der Waals surface area (Å²) in [6.07, 6.45) is 61.4. The van der Waals surface area contributed by atoms with E-state index in [2.05, 4.69) is 62.5 Å². The van der Waals surface area contributed by atoms with Crippen molar-refractivity contribution in [2.24, 2.45) is 5.73 Å². The number of esters is 1. The van der Waals surface area contributed by atoms with Crippen LogP contribution in [0.15, 0.2) is 48.6 Å². The van der Waals surface area contributed by atoms with Gasteiger partial charge in [0.05, 0.1) is 19.8 Å². The van der Waals surface area contributed by atoms with Crippen molar-refractivity contribution >= 4 is 13.8 Å². The molecular weight excluding hydrogens is 794 g/mol. The molecule has 9 heteroatoms. The number of carbonyl (C=O) groups excluding carboxylic acids is 1. The van der Waals surface area contributed by atoms with Crippen LogP contribution < -0.4 is 5.73 Å². The zero-order chi connectivity index (χ0) is 45.1. The normalized spacial score (nSPS) is 13.7. The van der Waals surface area contributed by atoms with E-state index in [0.29, 0.717) is 13.0 Å². The minimum atomic E-state index is -4.29. The molecule has 0 fully saturated rings. The lowest BCUT2D eigenvalue weighted by molar-refractivity contribution is -0.154. The number of nitrogens with two attached hydrogens (primary N) is 1. The molecule has 62 heavy (non-hydrogen) atoms. The predicted octanol–water partition coefficient (Wildman–Crippen LogP) is 16.3. The molecule has 0 rings (SSSR count). The minimum absolute atomic E-state index is 0.0969. The van der Waals surface area contributed by atoms with Crippen molar-refractivity contribution in [2.75, 3.05) is 33.0 Å². The largest absolute Gasteiger partial charge is 0.472 e. The van der Waals surface area contributed by atoms with Crippen LogP contribution in [-0.2, 0) is 27.9 Å². The maximum absolute atomic E-state index is 12.7. The average Bonchev–Trinajstić information content (AvgIpc) is 3.26. The van der Waals surface area contributed by atoms with Crippen LogP contribution in [0.4, 0.5) is 0 Å². The Hall–Kier alpha value is -1.54. The molecule has 0 aromatic heterocycles. The van der Waals surface area contributed by atoms with E-state index in [-0.39, 0.29) is 32.3 Å². The number of rotatable bonds is 50. The van der Waals surface area contributed by atoms with Crippen molar-refractivity contribution in [2.45, 2.75) is 251 Å². The average molecular weight is 894 g/mol. The lowest BCUT2D eigenvalue weighted by Gasteiger charge is -2.20. The van der Waals surface area contributed by atoms with Crippen LogP contribution in [-0.4, -0.2) is 49.9 Å². The number of phosphoric acid groups is 1. The zero-order valence-corrected chi connectivity index (χ0v) is 41.5. The van der Waals surface area contributed by atoms with Gasteiger partial charge in [-0.1, -0.05) is 210 Å². The summed E-state index contributed by atoms with van der Waals surface area (Å²) >= 11 is 0. The highest BCUT2D eigenvalue weighted by atomic mass is 31.2. The monoisotopic (exact) mass is 894 g/mol. The standard InChI is InChI=1S/C53H100NO7P/c1-3-5-7-9-11-13-15-17-19-21-23-25-27-29-31-33-35-37-39-41-43-45-48-58-50-52(51-60-62(56,57)59-49-47-54)61-53(55)46-44-42-40-38-36-34-32-30-28-26-24-22-20-18-16-14-12-10-8-6-4-2/h16,18,21-24,28,30,52H,3-15,17,19-20,25-27,29,31-51,54H2,1-2H3,(H,56,57)/b18-16-,23-21-,24-22-,30-28-. The first-order valence-corrected chi connectivity index (χ1v) is 27.6. The second kappa shape index (κ2) is 50.5. The second-order valence-electron chi connectivity index (χ2n) is 17.4. The van der Waals surface area contributed by atoms with Crippen molar-refractivity contribution in [1.29, 1.82) is 0 Å². The van der Waals surface area contributed by atoms with Crippen LogP contribution in [0.2, 0.25) is 0 Å². The highest BCUT2D eigenvalue weighted by Gasteiger charge is 2.25. The van der Waals surface area contributed by atoms with E-state index in [4.69, 9.17) is 24.3 Å². The summed E-state index contributed by atoms with van der Waals surface area (Å²) in [5, 5.41) is 0. The fourth-order valence-corrected chi connectivity index (χ4v) is 8.12. The molecule has 0 radical (unpaired) electrons. The Morgan fingerprint density at radius 2 is 0.855 bits per heavy atom. The lowest BCUT2D eigenvalue weighted by Crippen LogP contribution is -2.28. The maximum atomic E-state index is 12.7. The highest BCUT2D eigenvalue weighted by molar-refractivity contribution is 7.47. The number of carbonyl (C=O) groups is 1. The summed E-state index contributed by atoms with van der Waals surface area (Å²) in [6.45, 7) is 4.92. The third-order valence-electron chi connectivity index (χ3n) is 11.2. The van der Waals surface area contributed by atoms with E-state index >= 15 is 0 Å². The van der Waals surface area contributed by atoms with Gasteiger partial charge in [0.25, 0.3) is 0 Å². The molecule has 0 saturated carbocycles. The molecule has 0 saturated heterocycles. The van der Waals surface area contributed by atoms with Crippen LogP contribution in [0.25, 0.3) is 0 Å². The van der Waals surface area contributed by atoms with Gasteiger partial charge in [0.2, 0.25) is 0 Å². The molecule has 8 nitrogen and oxygen atoms in total. The van der Waals surface area contributed by atoms with Crippen LogP contribution in [0.1, 0.15) is 245 Å². The summed E-state index contributed by atoms with van der Waals surface area (Å²) < 4.78 is 33.6. The fraction of sp³-hybridized carbons (Fsp3) is 0.830. The summed E-state index contributed by atoms with van der Waals surface area (Å²) in [4.78, 5) is 22.6. The van der Waals surface area contributed by atoms with Gasteiger partial charge in [-0.25, -0.2) is 4.57 Å². The first kappa shape index (κ1) is 60.5. The number of unbranched alkanes of at least 4 members (excludes halogenated alkanes) is 29. The molecule has 0 bridgehead atoms. The van der Waals surface area contributed by atoms with Gasteiger partial charge in [0, 0.05) is 19.6 Å². The van der Waals surface area contributed by atoms with Gasteiger partial charge in [-0.15, -0.1) is 0 Å². The Morgan fingerprint density at radius 3 is 1.29 bits per heavy atom. The van der Waals surface area contributed by atoms with E-state index < -0.39 is 13.9 Å². The first-order valence-electron chi connectivity index (χ1n) is 26.1. The molecular formula is C53H100NO7P. The Bertz CT molecular complexity index is 1090. The topological polar surface area (TPSA) is 117 Å². The lowest BCUT2D eigenvalue weighted by atomic mass is 10.1. The molecule has 2 unspecified atom stereocenters. The fourth-order valence-electron chi connectivity index (χ4n) is 7.35. The summed E-state index contributed by atoms with van der Waals surface area (Å²) in [5.74, 6) is -0.341. The van der Waals surface area contributed by atoms with Crippen molar-refractivity contribution in [3.63, 3.8) is 0 Å². The van der Waals surface area contributed by atoms with Gasteiger partial charge in [-0.05, 0) is 77.0 Å².